The van der Waals surface area contributed by atoms with Gasteiger partial charge in [-0.15, -0.1) is 0 Å². The van der Waals surface area contributed by atoms with Gasteiger partial charge in [0.15, 0.2) is 5.16 Å². The largest absolute Gasteiger partial charge is 0.355 e. The van der Waals surface area contributed by atoms with E-state index in [0.29, 0.717) is 37.9 Å². The molecule has 1 aliphatic rings. The van der Waals surface area contributed by atoms with Gasteiger partial charge in [-0.25, -0.2) is 9.97 Å². The Morgan fingerprint density at radius 1 is 0.886 bits per heavy atom. The van der Waals surface area contributed by atoms with E-state index in [1.54, 1.807) is 12.4 Å². The van der Waals surface area contributed by atoms with Crippen LogP contribution in [0.3, 0.4) is 0 Å². The Morgan fingerprint density at radius 3 is 2.57 bits per heavy atom. The summed E-state index contributed by atoms with van der Waals surface area (Å²) in [5, 5.41) is 3.57. The van der Waals surface area contributed by atoms with Gasteiger partial charge in [0, 0.05) is 45.1 Å². The summed E-state index contributed by atoms with van der Waals surface area (Å²) in [6.45, 7) is 3.79. The fraction of sp³-hybridized carbons (Fsp3) is 0.346. The third-order valence-electron chi connectivity index (χ3n) is 5.77. The highest BCUT2D eigenvalue weighted by Crippen LogP contribution is 2.19. The van der Waals surface area contributed by atoms with Gasteiger partial charge in [-0.1, -0.05) is 48.2 Å². The number of hydrogen-bond acceptors (Lipinski definition) is 7. The van der Waals surface area contributed by atoms with Gasteiger partial charge in [0.1, 0.15) is 0 Å². The quantitative estimate of drug-likeness (QED) is 0.364. The Morgan fingerprint density at radius 2 is 1.74 bits per heavy atom. The van der Waals surface area contributed by atoms with Crippen molar-refractivity contribution in [1.29, 1.82) is 0 Å². The second-order valence-corrected chi connectivity index (χ2v) is 9.27. The predicted molar refractivity (Wildman–Crippen MR) is 137 cm³/mol. The highest BCUT2D eigenvalue weighted by molar-refractivity contribution is 7.99. The summed E-state index contributed by atoms with van der Waals surface area (Å²) in [4.78, 5) is 42.3. The number of hydrogen-bond donors (Lipinski definition) is 1. The second-order valence-electron chi connectivity index (χ2n) is 8.32. The van der Waals surface area contributed by atoms with Crippen LogP contribution in [0, 0.1) is 0 Å². The minimum Gasteiger partial charge on any atom is -0.355 e. The smallest absolute Gasteiger partial charge is 0.234 e. The van der Waals surface area contributed by atoms with Gasteiger partial charge in [-0.2, -0.15) is 0 Å². The van der Waals surface area contributed by atoms with Crippen molar-refractivity contribution in [2.45, 2.75) is 18.0 Å². The highest BCUT2D eigenvalue weighted by atomic mass is 32.2. The van der Waals surface area contributed by atoms with E-state index in [9.17, 15) is 9.59 Å². The van der Waals surface area contributed by atoms with E-state index >= 15 is 0 Å². The van der Waals surface area contributed by atoms with Crippen LogP contribution in [0.1, 0.15) is 12.0 Å². The van der Waals surface area contributed by atoms with E-state index in [2.05, 4.69) is 37.3 Å². The molecule has 2 aromatic heterocycles. The van der Waals surface area contributed by atoms with Gasteiger partial charge < -0.3 is 10.2 Å². The summed E-state index contributed by atoms with van der Waals surface area (Å²) in [6, 6.07) is 17.6. The highest BCUT2D eigenvalue weighted by Gasteiger charge is 2.21. The van der Waals surface area contributed by atoms with Crippen molar-refractivity contribution in [3.8, 4) is 11.4 Å². The molecule has 0 atom stereocenters. The van der Waals surface area contributed by atoms with E-state index in [1.165, 1.54) is 17.3 Å². The summed E-state index contributed by atoms with van der Waals surface area (Å²) in [5.74, 6) is 0.378. The van der Waals surface area contributed by atoms with E-state index in [4.69, 9.17) is 0 Å². The predicted octanol–water partition coefficient (Wildman–Crippen LogP) is 2.52. The molecule has 0 bridgehead atoms. The van der Waals surface area contributed by atoms with Crippen LogP contribution in [0.15, 0.2) is 72.1 Å². The number of amides is 2. The van der Waals surface area contributed by atoms with Gasteiger partial charge in [0.25, 0.3) is 0 Å². The zero-order valence-electron chi connectivity index (χ0n) is 19.7. The van der Waals surface area contributed by atoms with Crippen LogP contribution in [0.5, 0.6) is 0 Å². The first-order chi connectivity index (χ1) is 17.2. The average molecular weight is 491 g/mol. The van der Waals surface area contributed by atoms with Crippen LogP contribution in [-0.2, 0) is 16.0 Å². The average Bonchev–Trinajstić information content (AvgIpc) is 3.14. The molecule has 0 aliphatic carbocycles. The van der Waals surface area contributed by atoms with Crippen molar-refractivity contribution >= 4 is 23.6 Å². The lowest BCUT2D eigenvalue weighted by atomic mass is 10.1. The summed E-state index contributed by atoms with van der Waals surface area (Å²) in [6.07, 6.45) is 5.09. The molecule has 0 radical (unpaired) electrons. The number of pyridine rings is 1. The van der Waals surface area contributed by atoms with Crippen molar-refractivity contribution in [2.75, 3.05) is 45.0 Å². The number of nitrogens with one attached hydrogen (secondary N) is 1. The Kier molecular flexibility index (Phi) is 9.19. The summed E-state index contributed by atoms with van der Waals surface area (Å²) in [5.41, 5.74) is 2.73. The SMILES string of the molecule is O=C(CN1CCCN(C(=O)CSc2nccc(-c3ccccn3)n2)CC1)NCCc1ccccc1. The molecule has 9 heteroatoms. The van der Waals surface area contributed by atoms with Gasteiger partial charge >= 0.3 is 0 Å². The summed E-state index contributed by atoms with van der Waals surface area (Å²) in [7, 11) is 0. The molecule has 1 aromatic carbocycles. The molecule has 1 saturated heterocycles. The third-order valence-corrected chi connectivity index (χ3v) is 6.62. The number of rotatable bonds is 9. The first-order valence-electron chi connectivity index (χ1n) is 11.9. The van der Waals surface area contributed by atoms with E-state index in [1.807, 2.05) is 47.4 Å². The number of carbonyl (C=O) groups is 2. The number of carbonyl (C=O) groups excluding carboxylic acids is 2. The maximum Gasteiger partial charge on any atom is 0.234 e. The van der Waals surface area contributed by atoms with Crippen LogP contribution in [0.25, 0.3) is 11.4 Å². The molecule has 2 amide bonds. The molecule has 4 rings (SSSR count). The Balaban J connectivity index is 1.19. The molecule has 1 fully saturated rings. The van der Waals surface area contributed by atoms with Gasteiger partial charge in [-0.3, -0.25) is 19.5 Å². The molecule has 182 valence electrons. The van der Waals surface area contributed by atoms with Crippen LogP contribution in [0.4, 0.5) is 0 Å². The first kappa shape index (κ1) is 24.8. The van der Waals surface area contributed by atoms with Crippen molar-refractivity contribution in [1.82, 2.24) is 30.1 Å². The van der Waals surface area contributed by atoms with Gasteiger partial charge in [0.2, 0.25) is 11.8 Å². The van der Waals surface area contributed by atoms with Crippen LogP contribution < -0.4 is 5.32 Å². The molecule has 8 nitrogen and oxygen atoms in total. The molecule has 0 unspecified atom stereocenters. The molecule has 1 aliphatic heterocycles. The Bertz CT molecular complexity index is 1100. The lowest BCUT2D eigenvalue weighted by Gasteiger charge is -2.21. The van der Waals surface area contributed by atoms with Crippen LogP contribution >= 0.6 is 11.8 Å². The first-order valence-corrected chi connectivity index (χ1v) is 12.8. The fourth-order valence-electron chi connectivity index (χ4n) is 3.91. The molecule has 0 spiro atoms. The maximum absolute atomic E-state index is 12.8. The topological polar surface area (TPSA) is 91.3 Å². The molecular weight excluding hydrogens is 460 g/mol. The Hall–Kier alpha value is -3.30. The van der Waals surface area contributed by atoms with Gasteiger partial charge in [0.05, 0.1) is 23.7 Å². The number of benzene rings is 1. The van der Waals surface area contributed by atoms with E-state index in [0.717, 1.165) is 30.8 Å². The van der Waals surface area contributed by atoms with E-state index in [-0.39, 0.29) is 17.6 Å². The molecule has 35 heavy (non-hydrogen) atoms. The minimum absolute atomic E-state index is 0.0289. The monoisotopic (exact) mass is 490 g/mol. The number of thioether (sulfide) groups is 1. The summed E-state index contributed by atoms with van der Waals surface area (Å²) < 4.78 is 0. The zero-order chi connectivity index (χ0) is 24.3. The summed E-state index contributed by atoms with van der Waals surface area (Å²) >= 11 is 1.34. The Labute approximate surface area is 210 Å². The standard InChI is InChI=1S/C26H30N6O2S/c33-24(28-13-10-21-7-2-1-3-8-21)19-31-15-6-16-32(18-17-31)25(34)20-35-26-29-14-11-23(30-26)22-9-4-5-12-27-22/h1-5,7-9,11-12,14H,6,10,13,15-20H2,(H,28,33). The fourth-order valence-corrected chi connectivity index (χ4v) is 4.65. The zero-order valence-corrected chi connectivity index (χ0v) is 20.5. The number of nitrogens with zero attached hydrogens (tertiary/aromatic N) is 5. The van der Waals surface area contributed by atoms with Crippen molar-refractivity contribution in [3.63, 3.8) is 0 Å². The molecule has 3 aromatic rings. The third kappa shape index (κ3) is 7.87. The number of aromatic nitrogens is 3. The van der Waals surface area contributed by atoms with Crippen LogP contribution in [-0.4, -0.2) is 81.6 Å². The van der Waals surface area contributed by atoms with Crippen molar-refractivity contribution in [3.05, 3.63) is 72.6 Å². The molecule has 0 saturated carbocycles. The lowest BCUT2D eigenvalue weighted by Crippen LogP contribution is -2.40. The van der Waals surface area contributed by atoms with Crippen LogP contribution in [0.2, 0.25) is 0 Å². The second kappa shape index (κ2) is 13.0. The molecule has 3 heterocycles. The lowest BCUT2D eigenvalue weighted by molar-refractivity contribution is -0.128. The van der Waals surface area contributed by atoms with Gasteiger partial charge in [-0.05, 0) is 36.6 Å². The minimum atomic E-state index is 0.0289. The normalized spacial score (nSPS) is 14.3. The van der Waals surface area contributed by atoms with Crippen molar-refractivity contribution < 1.29 is 9.59 Å². The van der Waals surface area contributed by atoms with E-state index < -0.39 is 0 Å². The molecular formula is C26H30N6O2S. The maximum atomic E-state index is 12.8. The van der Waals surface area contributed by atoms with Crippen molar-refractivity contribution in [2.24, 2.45) is 0 Å². The molecule has 1 N–H and O–H groups in total.